The topological polar surface area (TPSA) is 57.6 Å². The van der Waals surface area contributed by atoms with Crippen molar-refractivity contribution in [2.24, 2.45) is 5.92 Å². The third kappa shape index (κ3) is 4.93. The number of nitrogens with one attached hydrogen (secondary N) is 1. The van der Waals surface area contributed by atoms with E-state index in [1.807, 2.05) is 68.3 Å². The van der Waals surface area contributed by atoms with Crippen LogP contribution in [0, 0.1) is 5.92 Å². The van der Waals surface area contributed by atoms with Crippen LogP contribution < -0.4 is 5.32 Å². The molecule has 0 fully saturated rings. The van der Waals surface area contributed by atoms with Crippen LogP contribution in [0.25, 0.3) is 0 Å². The molecule has 1 aromatic heterocycles. The Bertz CT molecular complexity index is 847. The maximum atomic E-state index is 13.3. The summed E-state index contributed by atoms with van der Waals surface area (Å²) < 4.78 is 2.18. The number of carbonyl (C=O) groups is 2. The Balaban J connectivity index is 1.87. The van der Waals surface area contributed by atoms with Gasteiger partial charge in [-0.3, -0.25) is 4.79 Å². The smallest absolute Gasteiger partial charge is 0.317 e. The van der Waals surface area contributed by atoms with Gasteiger partial charge in [0.15, 0.2) is 0 Å². The lowest BCUT2D eigenvalue weighted by Gasteiger charge is -2.38. The monoisotopic (exact) mass is 416 g/mol. The first-order chi connectivity index (χ1) is 13.9. The van der Waals surface area contributed by atoms with Crippen molar-refractivity contribution in [1.82, 2.24) is 19.7 Å². The number of amides is 3. The molecule has 0 radical (unpaired) electrons. The SMILES string of the molecule is CCNC(=O)N(CC(=O)N1CCn2cccc2[C@@H]1c1ccc(Cl)cc1)CC(C)C. The van der Waals surface area contributed by atoms with Crippen molar-refractivity contribution in [2.45, 2.75) is 33.4 Å². The van der Waals surface area contributed by atoms with Gasteiger partial charge in [-0.05, 0) is 42.7 Å². The molecule has 3 rings (SSSR count). The molecule has 0 unspecified atom stereocenters. The number of carbonyl (C=O) groups excluding carboxylic acids is 2. The number of benzene rings is 1. The normalized spacial score (nSPS) is 15.9. The highest BCUT2D eigenvalue weighted by molar-refractivity contribution is 6.30. The van der Waals surface area contributed by atoms with Gasteiger partial charge in [-0.1, -0.05) is 37.6 Å². The fraction of sp³-hybridized carbons (Fsp3) is 0.455. The number of aromatic nitrogens is 1. The van der Waals surface area contributed by atoms with Crippen molar-refractivity contribution < 1.29 is 9.59 Å². The molecular formula is C22H29ClN4O2. The van der Waals surface area contributed by atoms with Crippen LogP contribution in [0.2, 0.25) is 5.02 Å². The minimum absolute atomic E-state index is 0.0516. The minimum atomic E-state index is -0.196. The summed E-state index contributed by atoms with van der Waals surface area (Å²) in [5.41, 5.74) is 2.08. The molecule has 0 saturated carbocycles. The molecule has 3 amide bonds. The van der Waals surface area contributed by atoms with Gasteiger partial charge in [-0.15, -0.1) is 0 Å². The van der Waals surface area contributed by atoms with Crippen LogP contribution in [0.15, 0.2) is 42.6 Å². The van der Waals surface area contributed by atoms with Crippen LogP contribution >= 0.6 is 11.6 Å². The molecule has 0 spiro atoms. The Kier molecular flexibility index (Phi) is 6.85. The van der Waals surface area contributed by atoms with E-state index >= 15 is 0 Å². The largest absolute Gasteiger partial charge is 0.348 e. The molecule has 0 saturated heterocycles. The molecule has 29 heavy (non-hydrogen) atoms. The van der Waals surface area contributed by atoms with Crippen molar-refractivity contribution in [3.63, 3.8) is 0 Å². The highest BCUT2D eigenvalue weighted by Crippen LogP contribution is 2.33. The van der Waals surface area contributed by atoms with E-state index in [0.29, 0.717) is 24.7 Å². The first-order valence-electron chi connectivity index (χ1n) is 10.1. The molecule has 2 heterocycles. The minimum Gasteiger partial charge on any atom is -0.348 e. The summed E-state index contributed by atoms with van der Waals surface area (Å²) in [5, 5.41) is 3.48. The first kappa shape index (κ1) is 21.2. The highest BCUT2D eigenvalue weighted by atomic mass is 35.5. The van der Waals surface area contributed by atoms with Crippen molar-refractivity contribution in [2.75, 3.05) is 26.2 Å². The lowest BCUT2D eigenvalue weighted by molar-refractivity contribution is -0.134. The van der Waals surface area contributed by atoms with Crippen LogP contribution in [0.1, 0.15) is 38.1 Å². The van der Waals surface area contributed by atoms with Gasteiger partial charge in [-0.2, -0.15) is 0 Å². The lowest BCUT2D eigenvalue weighted by atomic mass is 9.99. The number of hydrogen-bond donors (Lipinski definition) is 1. The molecule has 6 nitrogen and oxygen atoms in total. The summed E-state index contributed by atoms with van der Waals surface area (Å²) in [6.45, 7) is 8.43. The number of nitrogens with zero attached hydrogens (tertiary/aromatic N) is 3. The Morgan fingerprint density at radius 2 is 1.93 bits per heavy atom. The van der Waals surface area contributed by atoms with Crippen molar-refractivity contribution in [3.05, 3.63) is 58.9 Å². The number of hydrogen-bond acceptors (Lipinski definition) is 2. The molecule has 1 N–H and O–H groups in total. The van der Waals surface area contributed by atoms with Gasteiger partial charge in [0.2, 0.25) is 5.91 Å². The van der Waals surface area contributed by atoms with Crippen molar-refractivity contribution in [3.8, 4) is 0 Å². The number of fused-ring (bicyclic) bond motifs is 1. The Hall–Kier alpha value is -2.47. The van der Waals surface area contributed by atoms with Gasteiger partial charge in [-0.25, -0.2) is 4.79 Å². The summed E-state index contributed by atoms with van der Waals surface area (Å²) in [4.78, 5) is 29.3. The van der Waals surface area contributed by atoms with Gasteiger partial charge < -0.3 is 19.7 Å². The van der Waals surface area contributed by atoms with Crippen molar-refractivity contribution in [1.29, 1.82) is 0 Å². The van der Waals surface area contributed by atoms with Gasteiger partial charge in [0.25, 0.3) is 0 Å². The quantitative estimate of drug-likeness (QED) is 0.779. The number of urea groups is 1. The van der Waals surface area contributed by atoms with Gasteiger partial charge in [0.1, 0.15) is 6.54 Å². The van der Waals surface area contributed by atoms with Gasteiger partial charge >= 0.3 is 6.03 Å². The lowest BCUT2D eigenvalue weighted by Crippen LogP contribution is -2.50. The molecule has 7 heteroatoms. The Labute approximate surface area is 177 Å². The molecule has 2 aromatic rings. The summed E-state index contributed by atoms with van der Waals surface area (Å²) in [6, 6.07) is 11.3. The third-order valence-electron chi connectivity index (χ3n) is 5.07. The molecule has 1 aromatic carbocycles. The number of rotatable bonds is 6. The van der Waals surface area contributed by atoms with E-state index in [9.17, 15) is 9.59 Å². The van der Waals surface area contributed by atoms with E-state index < -0.39 is 0 Å². The zero-order chi connectivity index (χ0) is 21.0. The Morgan fingerprint density at radius 3 is 2.59 bits per heavy atom. The third-order valence-corrected chi connectivity index (χ3v) is 5.32. The second-order valence-corrected chi connectivity index (χ2v) is 8.21. The number of halogens is 1. The predicted molar refractivity (Wildman–Crippen MR) is 115 cm³/mol. The summed E-state index contributed by atoms with van der Waals surface area (Å²) in [7, 11) is 0. The molecule has 1 aliphatic heterocycles. The zero-order valence-electron chi connectivity index (χ0n) is 17.3. The maximum Gasteiger partial charge on any atom is 0.317 e. The van der Waals surface area contributed by atoms with Crippen LogP contribution in [0.4, 0.5) is 4.79 Å². The predicted octanol–water partition coefficient (Wildman–Crippen LogP) is 3.76. The molecule has 0 aliphatic carbocycles. The van der Waals surface area contributed by atoms with Crippen LogP contribution in [0.5, 0.6) is 0 Å². The summed E-state index contributed by atoms with van der Waals surface area (Å²) in [6.07, 6.45) is 2.04. The molecule has 0 bridgehead atoms. The average Bonchev–Trinajstić information content (AvgIpc) is 3.16. The second-order valence-electron chi connectivity index (χ2n) is 7.78. The van der Waals surface area contributed by atoms with Crippen molar-refractivity contribution >= 4 is 23.5 Å². The van der Waals surface area contributed by atoms with Gasteiger partial charge in [0.05, 0.1) is 6.04 Å². The molecule has 1 aliphatic rings. The van der Waals surface area contributed by atoms with E-state index in [4.69, 9.17) is 11.6 Å². The first-order valence-corrected chi connectivity index (χ1v) is 10.5. The molecule has 1 atom stereocenters. The molecule has 156 valence electrons. The second kappa shape index (κ2) is 9.35. The zero-order valence-corrected chi connectivity index (χ0v) is 18.0. The van der Waals surface area contributed by atoms with E-state index in [2.05, 4.69) is 9.88 Å². The summed E-state index contributed by atoms with van der Waals surface area (Å²) >= 11 is 6.07. The van der Waals surface area contributed by atoms with Gasteiger partial charge in [0, 0.05) is 43.1 Å². The summed E-state index contributed by atoms with van der Waals surface area (Å²) in [5.74, 6) is 0.223. The molecular weight excluding hydrogens is 388 g/mol. The fourth-order valence-corrected chi connectivity index (χ4v) is 3.95. The van der Waals surface area contributed by atoms with E-state index in [1.165, 1.54) is 0 Å². The van der Waals surface area contributed by atoms with E-state index in [1.54, 1.807) is 4.90 Å². The standard InChI is InChI=1S/C22H29ClN4O2/c1-4-24-22(29)26(14-16(2)3)15-20(28)27-13-12-25-11-5-6-19(25)21(27)17-7-9-18(23)10-8-17/h5-11,16,21H,4,12-15H2,1-3H3,(H,24,29)/t21-/m0/s1. The fourth-order valence-electron chi connectivity index (χ4n) is 3.83. The van der Waals surface area contributed by atoms with Crippen LogP contribution in [-0.2, 0) is 11.3 Å². The van der Waals surface area contributed by atoms with Crippen LogP contribution in [-0.4, -0.2) is 52.5 Å². The van der Waals surface area contributed by atoms with E-state index in [0.717, 1.165) is 17.8 Å². The Morgan fingerprint density at radius 1 is 1.21 bits per heavy atom. The highest BCUT2D eigenvalue weighted by Gasteiger charge is 2.33. The van der Waals surface area contributed by atoms with E-state index in [-0.39, 0.29) is 30.4 Å². The van der Waals surface area contributed by atoms with Crippen LogP contribution in [0.3, 0.4) is 0 Å². The average molecular weight is 417 g/mol. The maximum absolute atomic E-state index is 13.3.